The molecule has 0 aliphatic rings. The molecule has 0 bridgehead atoms. The number of pyridine rings is 1. The van der Waals surface area contributed by atoms with Crippen LogP contribution in [0.3, 0.4) is 0 Å². The molecule has 0 spiro atoms. The minimum atomic E-state index is -0.108. The number of carbonyl (C=O) groups is 1. The Morgan fingerprint density at radius 1 is 1.11 bits per heavy atom. The van der Waals surface area contributed by atoms with Crippen molar-refractivity contribution in [3.63, 3.8) is 0 Å². The van der Waals surface area contributed by atoms with Crippen molar-refractivity contribution in [1.29, 1.82) is 0 Å². The number of carbonyl (C=O) groups excluding carboxylic acids is 1. The minimum absolute atomic E-state index is 0.108. The average molecular weight is 389 g/mol. The number of aromatic nitrogens is 2. The molecule has 0 aliphatic carbocycles. The third-order valence-corrected chi connectivity index (χ3v) is 5.53. The van der Waals surface area contributed by atoms with Gasteiger partial charge < -0.3 is 4.74 Å². The number of methoxy groups -OCH3 is 1. The lowest BCUT2D eigenvalue weighted by atomic mass is 10.2. The predicted octanol–water partition coefficient (Wildman–Crippen LogP) is 4.86. The number of aryl methyl sites for hydroxylation is 1. The second kappa shape index (κ2) is 7.78. The van der Waals surface area contributed by atoms with Gasteiger partial charge in [-0.05, 0) is 54.4 Å². The van der Waals surface area contributed by atoms with Gasteiger partial charge in [0.15, 0.2) is 5.13 Å². The van der Waals surface area contributed by atoms with Crippen LogP contribution >= 0.6 is 11.3 Å². The molecule has 2 heterocycles. The average Bonchev–Trinajstić information content (AvgIpc) is 3.18. The van der Waals surface area contributed by atoms with Crippen molar-refractivity contribution < 1.29 is 9.53 Å². The molecule has 0 saturated heterocycles. The Hall–Kier alpha value is -3.25. The van der Waals surface area contributed by atoms with Gasteiger partial charge in [-0.1, -0.05) is 29.5 Å². The lowest BCUT2D eigenvalue weighted by Crippen LogP contribution is -2.30. The topological polar surface area (TPSA) is 55.3 Å². The molecule has 0 aliphatic heterocycles. The van der Waals surface area contributed by atoms with Gasteiger partial charge in [0.1, 0.15) is 5.75 Å². The summed E-state index contributed by atoms with van der Waals surface area (Å²) >= 11 is 1.52. The van der Waals surface area contributed by atoms with Crippen LogP contribution in [0.4, 0.5) is 5.13 Å². The molecule has 2 aromatic carbocycles. The Labute approximate surface area is 167 Å². The summed E-state index contributed by atoms with van der Waals surface area (Å²) in [6.07, 6.45) is 3.49. The maximum absolute atomic E-state index is 13.3. The fourth-order valence-corrected chi connectivity index (χ4v) is 4.02. The molecule has 4 rings (SSSR count). The molecule has 0 radical (unpaired) electrons. The molecule has 0 fully saturated rings. The van der Waals surface area contributed by atoms with Crippen molar-refractivity contribution in [1.82, 2.24) is 9.97 Å². The first-order valence-electron chi connectivity index (χ1n) is 8.86. The van der Waals surface area contributed by atoms with E-state index in [0.29, 0.717) is 23.0 Å². The fourth-order valence-electron chi connectivity index (χ4n) is 2.98. The maximum Gasteiger partial charge on any atom is 0.260 e. The summed E-state index contributed by atoms with van der Waals surface area (Å²) in [5.41, 5.74) is 3.56. The van der Waals surface area contributed by atoms with Gasteiger partial charge in [-0.2, -0.15) is 0 Å². The van der Waals surface area contributed by atoms with Crippen LogP contribution in [0.25, 0.3) is 10.2 Å². The van der Waals surface area contributed by atoms with E-state index in [0.717, 1.165) is 21.3 Å². The number of ether oxygens (including phenoxy) is 1. The summed E-state index contributed by atoms with van der Waals surface area (Å²) in [4.78, 5) is 24.0. The van der Waals surface area contributed by atoms with E-state index in [4.69, 9.17) is 9.72 Å². The van der Waals surface area contributed by atoms with Gasteiger partial charge >= 0.3 is 0 Å². The highest BCUT2D eigenvalue weighted by molar-refractivity contribution is 7.22. The molecule has 2 aromatic heterocycles. The lowest BCUT2D eigenvalue weighted by Gasteiger charge is -2.20. The van der Waals surface area contributed by atoms with Crippen LogP contribution < -0.4 is 9.64 Å². The van der Waals surface area contributed by atoms with E-state index in [1.54, 1.807) is 48.7 Å². The zero-order valence-corrected chi connectivity index (χ0v) is 16.4. The largest absolute Gasteiger partial charge is 0.497 e. The van der Waals surface area contributed by atoms with Crippen LogP contribution in [-0.2, 0) is 6.54 Å². The molecular weight excluding hydrogens is 370 g/mol. The van der Waals surface area contributed by atoms with Crippen LogP contribution in [0.15, 0.2) is 67.0 Å². The number of benzene rings is 2. The molecule has 0 N–H and O–H groups in total. The molecule has 0 unspecified atom stereocenters. The number of hydrogen-bond donors (Lipinski definition) is 0. The SMILES string of the molecule is COc1ccc(C(=O)N(Cc2cccnc2)c2nc3c(C)cccc3s2)cc1. The monoisotopic (exact) mass is 389 g/mol. The van der Waals surface area contributed by atoms with Crippen molar-refractivity contribution in [2.45, 2.75) is 13.5 Å². The van der Waals surface area contributed by atoms with Gasteiger partial charge in [0, 0.05) is 18.0 Å². The van der Waals surface area contributed by atoms with Gasteiger partial charge in [-0.15, -0.1) is 0 Å². The number of fused-ring (bicyclic) bond motifs is 1. The van der Waals surface area contributed by atoms with Crippen LogP contribution in [-0.4, -0.2) is 23.0 Å². The van der Waals surface area contributed by atoms with Crippen LogP contribution in [0.2, 0.25) is 0 Å². The Balaban J connectivity index is 1.75. The molecule has 5 nitrogen and oxygen atoms in total. The minimum Gasteiger partial charge on any atom is -0.497 e. The molecule has 28 heavy (non-hydrogen) atoms. The van der Waals surface area contributed by atoms with E-state index in [2.05, 4.69) is 4.98 Å². The highest BCUT2D eigenvalue weighted by Crippen LogP contribution is 2.32. The van der Waals surface area contributed by atoms with Crippen molar-refractivity contribution in [2.24, 2.45) is 0 Å². The summed E-state index contributed by atoms with van der Waals surface area (Å²) in [6.45, 7) is 2.43. The molecule has 6 heteroatoms. The zero-order chi connectivity index (χ0) is 19.5. The fraction of sp³-hybridized carbons (Fsp3) is 0.136. The number of para-hydroxylation sites is 1. The third-order valence-electron chi connectivity index (χ3n) is 4.49. The molecular formula is C22H19N3O2S. The highest BCUT2D eigenvalue weighted by atomic mass is 32.1. The van der Waals surface area contributed by atoms with E-state index in [-0.39, 0.29) is 5.91 Å². The quantitative estimate of drug-likeness (QED) is 0.489. The Kier molecular flexibility index (Phi) is 5.04. The molecule has 140 valence electrons. The van der Waals surface area contributed by atoms with E-state index in [1.807, 2.05) is 37.3 Å². The summed E-state index contributed by atoms with van der Waals surface area (Å²) < 4.78 is 6.26. The first-order valence-corrected chi connectivity index (χ1v) is 9.68. The number of thiazole rings is 1. The molecule has 4 aromatic rings. The summed E-state index contributed by atoms with van der Waals surface area (Å²) in [6, 6.07) is 17.0. The standard InChI is InChI=1S/C22H19N3O2S/c1-15-5-3-7-19-20(15)24-22(28-19)25(14-16-6-4-12-23-13-16)21(26)17-8-10-18(27-2)11-9-17/h3-13H,14H2,1-2H3. The van der Waals surface area contributed by atoms with Crippen molar-refractivity contribution in [3.8, 4) is 5.75 Å². The van der Waals surface area contributed by atoms with Crippen LogP contribution in [0.5, 0.6) is 5.75 Å². The Bertz CT molecular complexity index is 1110. The normalized spacial score (nSPS) is 10.8. The second-order valence-corrected chi connectivity index (χ2v) is 7.41. The highest BCUT2D eigenvalue weighted by Gasteiger charge is 2.22. The van der Waals surface area contributed by atoms with E-state index in [1.165, 1.54) is 11.3 Å². The number of nitrogens with zero attached hydrogens (tertiary/aromatic N) is 3. The van der Waals surface area contributed by atoms with E-state index in [9.17, 15) is 4.79 Å². The summed E-state index contributed by atoms with van der Waals surface area (Å²) in [5.74, 6) is 0.606. The lowest BCUT2D eigenvalue weighted by molar-refractivity contribution is 0.0985. The van der Waals surface area contributed by atoms with Crippen LogP contribution in [0.1, 0.15) is 21.5 Å². The number of amides is 1. The predicted molar refractivity (Wildman–Crippen MR) is 112 cm³/mol. The molecule has 1 amide bonds. The summed E-state index contributed by atoms with van der Waals surface area (Å²) in [7, 11) is 1.61. The van der Waals surface area contributed by atoms with Crippen molar-refractivity contribution in [2.75, 3.05) is 12.0 Å². The van der Waals surface area contributed by atoms with Gasteiger partial charge in [0.2, 0.25) is 0 Å². The number of hydrogen-bond acceptors (Lipinski definition) is 5. The zero-order valence-electron chi connectivity index (χ0n) is 15.6. The maximum atomic E-state index is 13.3. The van der Waals surface area contributed by atoms with Crippen molar-refractivity contribution in [3.05, 3.63) is 83.7 Å². The van der Waals surface area contributed by atoms with Gasteiger partial charge in [0.25, 0.3) is 5.91 Å². The smallest absolute Gasteiger partial charge is 0.260 e. The number of rotatable bonds is 5. The summed E-state index contributed by atoms with van der Waals surface area (Å²) in [5, 5.41) is 0.675. The van der Waals surface area contributed by atoms with Gasteiger partial charge in [-0.3, -0.25) is 14.7 Å². The molecule has 0 atom stereocenters. The van der Waals surface area contributed by atoms with Gasteiger partial charge in [0.05, 0.1) is 23.9 Å². The first kappa shape index (κ1) is 18.1. The molecule has 0 saturated carbocycles. The van der Waals surface area contributed by atoms with E-state index < -0.39 is 0 Å². The Morgan fingerprint density at radius 3 is 2.61 bits per heavy atom. The second-order valence-electron chi connectivity index (χ2n) is 6.40. The number of anilines is 1. The Morgan fingerprint density at radius 2 is 1.93 bits per heavy atom. The van der Waals surface area contributed by atoms with Crippen LogP contribution in [0, 0.1) is 6.92 Å². The van der Waals surface area contributed by atoms with Crippen molar-refractivity contribution >= 4 is 32.6 Å². The van der Waals surface area contributed by atoms with Gasteiger partial charge in [-0.25, -0.2) is 4.98 Å². The third kappa shape index (κ3) is 3.59. The van der Waals surface area contributed by atoms with E-state index >= 15 is 0 Å². The first-order chi connectivity index (χ1) is 13.7.